The van der Waals surface area contributed by atoms with Crippen molar-refractivity contribution in [3.8, 4) is 0 Å². The van der Waals surface area contributed by atoms with Gasteiger partial charge in [-0.2, -0.15) is 0 Å². The number of nitrogens with zero attached hydrogens (tertiary/aromatic N) is 2. The molecular formula is C13H22BrN3O2. The van der Waals surface area contributed by atoms with Crippen molar-refractivity contribution in [2.75, 3.05) is 26.7 Å². The Kier molecular flexibility index (Phi) is 4.53. The Labute approximate surface area is 123 Å². The minimum absolute atomic E-state index is 0.00703. The van der Waals surface area contributed by atoms with Crippen LogP contribution in [0.1, 0.15) is 20.8 Å². The van der Waals surface area contributed by atoms with Crippen molar-refractivity contribution in [2.24, 2.45) is 0 Å². The van der Waals surface area contributed by atoms with Gasteiger partial charge < -0.3 is 15.0 Å². The number of rotatable bonds is 1. The molecule has 0 spiro atoms. The quantitative estimate of drug-likeness (QED) is 0.781. The van der Waals surface area contributed by atoms with E-state index in [-0.39, 0.29) is 18.2 Å². The van der Waals surface area contributed by atoms with Crippen LogP contribution in [-0.4, -0.2) is 60.8 Å². The van der Waals surface area contributed by atoms with Gasteiger partial charge in [0.15, 0.2) is 0 Å². The van der Waals surface area contributed by atoms with Crippen molar-refractivity contribution in [1.82, 2.24) is 15.1 Å². The summed E-state index contributed by atoms with van der Waals surface area (Å²) in [6.45, 7) is 8.08. The lowest BCUT2D eigenvalue weighted by Gasteiger charge is -2.38. The predicted molar refractivity (Wildman–Crippen MR) is 77.8 cm³/mol. The van der Waals surface area contributed by atoms with Gasteiger partial charge in [0.25, 0.3) is 0 Å². The zero-order valence-electron chi connectivity index (χ0n) is 11.9. The molecule has 1 N–H and O–H groups in total. The van der Waals surface area contributed by atoms with E-state index in [0.717, 1.165) is 10.2 Å². The van der Waals surface area contributed by atoms with Crippen molar-refractivity contribution in [1.29, 1.82) is 0 Å². The van der Waals surface area contributed by atoms with Crippen LogP contribution in [0.3, 0.4) is 0 Å². The fourth-order valence-electron chi connectivity index (χ4n) is 2.55. The van der Waals surface area contributed by atoms with Crippen LogP contribution in [-0.2, 0) is 9.53 Å². The number of carbonyl (C=O) groups excluding carboxylic acids is 1. The Bertz CT molecular complexity index is 397. The minimum atomic E-state index is -0.201. The molecule has 1 amide bonds. The summed E-state index contributed by atoms with van der Waals surface area (Å²) in [7, 11) is 1.85. The lowest BCUT2D eigenvalue weighted by molar-refractivity contribution is -0.135. The molecule has 108 valence electrons. The van der Waals surface area contributed by atoms with Crippen LogP contribution in [0.4, 0.5) is 0 Å². The molecule has 0 saturated carbocycles. The molecule has 2 aliphatic heterocycles. The summed E-state index contributed by atoms with van der Waals surface area (Å²) in [5.41, 5.74) is 1.05. The van der Waals surface area contributed by atoms with Gasteiger partial charge in [-0.1, -0.05) is 15.9 Å². The molecule has 2 bridgehead atoms. The van der Waals surface area contributed by atoms with Gasteiger partial charge in [0.2, 0.25) is 5.91 Å². The zero-order valence-corrected chi connectivity index (χ0v) is 13.5. The Morgan fingerprint density at radius 1 is 1.47 bits per heavy atom. The van der Waals surface area contributed by atoms with Crippen LogP contribution in [0.2, 0.25) is 0 Å². The Morgan fingerprint density at radius 3 is 2.79 bits per heavy atom. The second kappa shape index (κ2) is 5.81. The van der Waals surface area contributed by atoms with Gasteiger partial charge in [0, 0.05) is 29.8 Å². The molecule has 2 rings (SSSR count). The molecule has 1 saturated heterocycles. The molecule has 6 heteroatoms. The van der Waals surface area contributed by atoms with E-state index in [4.69, 9.17) is 4.74 Å². The highest BCUT2D eigenvalue weighted by atomic mass is 79.9. The van der Waals surface area contributed by atoms with Crippen LogP contribution in [0, 0.1) is 0 Å². The number of carbonyl (C=O) groups is 1. The third kappa shape index (κ3) is 3.12. The molecule has 2 unspecified atom stereocenters. The number of likely N-dealkylation sites (N-methyl/N-ethyl adjacent to an activating group) is 1. The van der Waals surface area contributed by atoms with E-state index in [9.17, 15) is 4.79 Å². The van der Waals surface area contributed by atoms with Crippen molar-refractivity contribution in [2.45, 2.75) is 39.1 Å². The Morgan fingerprint density at radius 2 is 2.16 bits per heavy atom. The van der Waals surface area contributed by atoms with Gasteiger partial charge in [-0.15, -0.1) is 0 Å². The third-order valence-electron chi connectivity index (χ3n) is 3.72. The summed E-state index contributed by atoms with van der Waals surface area (Å²) >= 11 is 3.56. The lowest BCUT2D eigenvalue weighted by atomic mass is 10.1. The van der Waals surface area contributed by atoms with Crippen LogP contribution >= 0.6 is 15.9 Å². The lowest BCUT2D eigenvalue weighted by Crippen LogP contribution is -2.58. The molecule has 2 atom stereocenters. The zero-order chi connectivity index (χ0) is 14.2. The average molecular weight is 332 g/mol. The van der Waals surface area contributed by atoms with Gasteiger partial charge >= 0.3 is 0 Å². The average Bonchev–Trinajstić information content (AvgIpc) is 2.40. The summed E-state index contributed by atoms with van der Waals surface area (Å²) in [6, 6.07) is 0.130. The summed E-state index contributed by atoms with van der Waals surface area (Å²) in [6.07, 6.45) is -0.00703. The van der Waals surface area contributed by atoms with Crippen molar-refractivity contribution >= 4 is 21.8 Å². The first-order valence-electron chi connectivity index (χ1n) is 6.66. The smallest absolute Gasteiger partial charge is 0.246 e. The Balaban J connectivity index is 2.29. The number of halogens is 1. The maximum absolute atomic E-state index is 12.3. The van der Waals surface area contributed by atoms with Crippen LogP contribution in [0.15, 0.2) is 10.2 Å². The first-order valence-corrected chi connectivity index (χ1v) is 7.45. The summed E-state index contributed by atoms with van der Waals surface area (Å²) in [5, 5.41) is 3.35. The fourth-order valence-corrected chi connectivity index (χ4v) is 2.93. The van der Waals surface area contributed by atoms with E-state index in [1.807, 2.05) is 14.0 Å². The van der Waals surface area contributed by atoms with Gasteiger partial charge in [0.05, 0.1) is 13.2 Å². The van der Waals surface area contributed by atoms with Crippen molar-refractivity contribution in [3.63, 3.8) is 0 Å². The summed E-state index contributed by atoms with van der Waals surface area (Å²) in [5.74, 6) is 0.142. The van der Waals surface area contributed by atoms with Crippen LogP contribution in [0.5, 0.6) is 0 Å². The molecule has 2 heterocycles. The van der Waals surface area contributed by atoms with Gasteiger partial charge in [0.1, 0.15) is 12.3 Å². The second-order valence-corrected chi connectivity index (χ2v) is 6.43. The topological polar surface area (TPSA) is 44.8 Å². The minimum Gasteiger partial charge on any atom is -0.374 e. The molecule has 2 aliphatic rings. The monoisotopic (exact) mass is 331 g/mol. The second-order valence-electron chi connectivity index (χ2n) is 5.48. The van der Waals surface area contributed by atoms with Gasteiger partial charge in [-0.25, -0.2) is 0 Å². The molecule has 0 aromatic carbocycles. The Hall–Kier alpha value is -0.590. The highest BCUT2D eigenvalue weighted by molar-refractivity contribution is 9.11. The van der Waals surface area contributed by atoms with E-state index < -0.39 is 0 Å². The van der Waals surface area contributed by atoms with E-state index in [0.29, 0.717) is 25.7 Å². The molecule has 0 aliphatic carbocycles. The molecule has 0 aromatic rings. The maximum Gasteiger partial charge on any atom is 0.246 e. The number of nitrogens with one attached hydrogen (secondary N) is 1. The molecule has 1 fully saturated rings. The van der Waals surface area contributed by atoms with Gasteiger partial charge in [-0.05, 0) is 20.8 Å². The number of hydrogen-bond donors (Lipinski definition) is 1. The van der Waals surface area contributed by atoms with E-state index in [1.165, 1.54) is 0 Å². The highest BCUT2D eigenvalue weighted by Crippen LogP contribution is 2.21. The van der Waals surface area contributed by atoms with E-state index in [2.05, 4.69) is 40.0 Å². The number of fused-ring (bicyclic) bond motifs is 2. The largest absolute Gasteiger partial charge is 0.374 e. The molecule has 0 aromatic heterocycles. The fraction of sp³-hybridized carbons (Fsp3) is 0.769. The first-order chi connectivity index (χ1) is 8.90. The normalized spacial score (nSPS) is 33.8. The predicted octanol–water partition coefficient (Wildman–Crippen LogP) is 1.11. The molecule has 19 heavy (non-hydrogen) atoms. The van der Waals surface area contributed by atoms with E-state index in [1.54, 1.807) is 4.90 Å². The third-order valence-corrected chi connectivity index (χ3v) is 4.43. The number of ether oxygens (including phenoxy) is 1. The highest BCUT2D eigenvalue weighted by Gasteiger charge is 2.34. The van der Waals surface area contributed by atoms with E-state index >= 15 is 0 Å². The summed E-state index contributed by atoms with van der Waals surface area (Å²) < 4.78 is 6.87. The van der Waals surface area contributed by atoms with Gasteiger partial charge in [-0.3, -0.25) is 9.69 Å². The van der Waals surface area contributed by atoms with Crippen LogP contribution in [0.25, 0.3) is 0 Å². The maximum atomic E-state index is 12.3. The van der Waals surface area contributed by atoms with Crippen molar-refractivity contribution in [3.05, 3.63) is 10.2 Å². The molecule has 0 radical (unpaired) electrons. The molecular weight excluding hydrogens is 310 g/mol. The SMILES string of the molecule is CC(C)N1CC2N/C(=C(/Br)COC1C)CN(C)C2=O. The van der Waals surface area contributed by atoms with Crippen LogP contribution < -0.4 is 5.32 Å². The number of hydrogen-bond acceptors (Lipinski definition) is 4. The van der Waals surface area contributed by atoms with Crippen molar-refractivity contribution < 1.29 is 9.53 Å². The summed E-state index contributed by atoms with van der Waals surface area (Å²) in [4.78, 5) is 16.2. The number of piperazine rings is 1. The molecule has 5 nitrogen and oxygen atoms in total. The standard InChI is InChI=1S/C13H22BrN3O2/c1-8(2)17-6-12-13(18)16(4)5-11(15-12)10(14)7-19-9(17)3/h8-9,12,15H,5-7H2,1-4H3/b11-10+. The first kappa shape index (κ1) is 14.8. The number of amides is 1.